The number of Topliss-reactive ketones (excluding diaryl/α,β-unsaturated/α-hetero) is 1. The van der Waals surface area contributed by atoms with Gasteiger partial charge in [0.2, 0.25) is 0 Å². The average Bonchev–Trinajstić information content (AvgIpc) is 2.67. The minimum atomic E-state index is 0.273. The van der Waals surface area contributed by atoms with Crippen LogP contribution in [0.15, 0.2) is 22.8 Å². The molecule has 1 aliphatic carbocycles. The molecule has 0 saturated heterocycles. The summed E-state index contributed by atoms with van der Waals surface area (Å²) >= 11 is 0. The molecule has 0 N–H and O–H groups in total. The normalized spacial score (nSPS) is 24.1. The fourth-order valence-corrected chi connectivity index (χ4v) is 2.21. The Morgan fingerprint density at radius 1 is 1.56 bits per heavy atom. The highest BCUT2D eigenvalue weighted by Gasteiger charge is 2.30. The number of hydrogen-bond donors (Lipinski definition) is 0. The van der Waals surface area contributed by atoms with Crippen molar-refractivity contribution in [3.8, 4) is 0 Å². The maximum Gasteiger partial charge on any atom is 0.140 e. The van der Waals surface area contributed by atoms with E-state index in [0.717, 1.165) is 25.2 Å². The van der Waals surface area contributed by atoms with E-state index < -0.39 is 0 Å². The number of hydrogen-bond acceptors (Lipinski definition) is 3. The first-order valence-electron chi connectivity index (χ1n) is 5.93. The van der Waals surface area contributed by atoms with Gasteiger partial charge in [0.25, 0.3) is 0 Å². The van der Waals surface area contributed by atoms with Crippen LogP contribution in [0.5, 0.6) is 0 Å². The molecule has 1 saturated carbocycles. The zero-order chi connectivity index (χ0) is 11.4. The molecule has 0 bridgehead atoms. The molecule has 2 rings (SSSR count). The van der Waals surface area contributed by atoms with E-state index in [1.165, 1.54) is 0 Å². The molecule has 0 radical (unpaired) electrons. The first kappa shape index (κ1) is 11.4. The van der Waals surface area contributed by atoms with Crippen molar-refractivity contribution >= 4 is 5.78 Å². The summed E-state index contributed by atoms with van der Waals surface area (Å²) in [5.41, 5.74) is 0. The molecular formula is C13H18O3. The molecule has 0 unspecified atom stereocenters. The third-order valence-electron chi connectivity index (χ3n) is 3.06. The Hall–Kier alpha value is -1.09. The zero-order valence-electron chi connectivity index (χ0n) is 9.65. The molecule has 1 aromatic rings. The highest BCUT2D eigenvalue weighted by molar-refractivity contribution is 5.80. The fourth-order valence-electron chi connectivity index (χ4n) is 2.21. The van der Waals surface area contributed by atoms with E-state index in [4.69, 9.17) is 9.15 Å². The van der Waals surface area contributed by atoms with Gasteiger partial charge in [-0.2, -0.15) is 0 Å². The highest BCUT2D eigenvalue weighted by Crippen LogP contribution is 2.33. The lowest BCUT2D eigenvalue weighted by Crippen LogP contribution is -2.32. The summed E-state index contributed by atoms with van der Waals surface area (Å²) in [5, 5.41) is 0. The van der Waals surface area contributed by atoms with Crippen LogP contribution in [0.4, 0.5) is 0 Å². The second kappa shape index (κ2) is 5.30. The quantitative estimate of drug-likeness (QED) is 0.742. The van der Waals surface area contributed by atoms with Gasteiger partial charge >= 0.3 is 0 Å². The number of ether oxygens (including phenoxy) is 1. The second-order valence-electron chi connectivity index (χ2n) is 4.41. The number of carbonyl (C=O) groups excluding carboxylic acids is 1. The van der Waals surface area contributed by atoms with E-state index in [9.17, 15) is 4.79 Å². The largest absolute Gasteiger partial charge is 0.469 e. The Morgan fingerprint density at radius 2 is 2.38 bits per heavy atom. The highest BCUT2D eigenvalue weighted by atomic mass is 16.5. The third kappa shape index (κ3) is 2.95. The third-order valence-corrected chi connectivity index (χ3v) is 3.06. The molecule has 16 heavy (non-hydrogen) atoms. The number of carbonyl (C=O) groups is 1. The van der Waals surface area contributed by atoms with Gasteiger partial charge in [-0.3, -0.25) is 4.79 Å². The van der Waals surface area contributed by atoms with Crippen molar-refractivity contribution in [2.75, 3.05) is 6.61 Å². The van der Waals surface area contributed by atoms with Crippen molar-refractivity contribution in [2.45, 2.75) is 38.7 Å². The van der Waals surface area contributed by atoms with Crippen LogP contribution in [0.2, 0.25) is 0 Å². The van der Waals surface area contributed by atoms with Crippen LogP contribution in [0.25, 0.3) is 0 Å². The molecule has 88 valence electrons. The van der Waals surface area contributed by atoms with E-state index >= 15 is 0 Å². The Balaban J connectivity index is 1.66. The molecule has 1 aromatic heterocycles. The van der Waals surface area contributed by atoms with Gasteiger partial charge in [-0.1, -0.05) is 0 Å². The van der Waals surface area contributed by atoms with Gasteiger partial charge < -0.3 is 9.15 Å². The lowest BCUT2D eigenvalue weighted by molar-refractivity contribution is -0.121. The molecule has 1 aliphatic rings. The van der Waals surface area contributed by atoms with Gasteiger partial charge in [0, 0.05) is 13.0 Å². The Kier molecular flexibility index (Phi) is 3.78. The van der Waals surface area contributed by atoms with E-state index in [1.807, 2.05) is 19.1 Å². The summed E-state index contributed by atoms with van der Waals surface area (Å²) in [7, 11) is 0. The Bertz CT molecular complexity index is 323. The van der Waals surface area contributed by atoms with E-state index in [-0.39, 0.29) is 5.78 Å². The number of furan rings is 1. The predicted octanol–water partition coefficient (Wildman–Crippen LogP) is 2.60. The van der Waals surface area contributed by atoms with Crippen LogP contribution in [0.3, 0.4) is 0 Å². The average molecular weight is 222 g/mol. The van der Waals surface area contributed by atoms with Crippen LogP contribution in [-0.2, 0) is 16.0 Å². The maximum atomic E-state index is 11.7. The molecule has 0 spiro atoms. The van der Waals surface area contributed by atoms with Crippen LogP contribution < -0.4 is 0 Å². The Morgan fingerprint density at radius 3 is 3.00 bits per heavy atom. The molecule has 0 aliphatic heterocycles. The predicted molar refractivity (Wildman–Crippen MR) is 60.2 cm³/mol. The summed E-state index contributed by atoms with van der Waals surface area (Å²) in [6, 6.07) is 3.67. The molecular weight excluding hydrogens is 204 g/mol. The summed E-state index contributed by atoms with van der Waals surface area (Å²) in [6.45, 7) is 2.78. The maximum absolute atomic E-state index is 11.7. The van der Waals surface area contributed by atoms with Crippen LogP contribution in [0.1, 0.15) is 31.9 Å². The second-order valence-corrected chi connectivity index (χ2v) is 4.41. The van der Waals surface area contributed by atoms with Crippen molar-refractivity contribution in [3.63, 3.8) is 0 Å². The molecule has 3 heteroatoms. The summed E-state index contributed by atoms with van der Waals surface area (Å²) in [6.07, 6.45) is 5.19. The molecule has 3 nitrogen and oxygen atoms in total. The van der Waals surface area contributed by atoms with Crippen LogP contribution >= 0.6 is 0 Å². The van der Waals surface area contributed by atoms with Gasteiger partial charge in [-0.15, -0.1) is 0 Å². The van der Waals surface area contributed by atoms with Gasteiger partial charge in [0.05, 0.1) is 18.8 Å². The van der Waals surface area contributed by atoms with Crippen molar-refractivity contribution in [1.29, 1.82) is 0 Å². The van der Waals surface area contributed by atoms with Gasteiger partial charge in [-0.25, -0.2) is 0 Å². The molecule has 0 atom stereocenters. The van der Waals surface area contributed by atoms with Gasteiger partial charge in [0.15, 0.2) is 0 Å². The smallest absolute Gasteiger partial charge is 0.140 e. The number of rotatable bonds is 6. The van der Waals surface area contributed by atoms with Crippen LogP contribution in [0, 0.1) is 5.92 Å². The fraction of sp³-hybridized carbons (Fsp3) is 0.615. The molecule has 0 amide bonds. The van der Waals surface area contributed by atoms with Crippen molar-refractivity contribution < 1.29 is 13.9 Å². The lowest BCUT2D eigenvalue weighted by Gasteiger charge is -2.34. The summed E-state index contributed by atoms with van der Waals surface area (Å²) < 4.78 is 10.6. The first-order valence-corrected chi connectivity index (χ1v) is 5.93. The van der Waals surface area contributed by atoms with Crippen molar-refractivity contribution in [1.82, 2.24) is 0 Å². The molecule has 1 heterocycles. The Labute approximate surface area is 95.8 Å². The van der Waals surface area contributed by atoms with E-state index in [1.54, 1.807) is 6.26 Å². The lowest BCUT2D eigenvalue weighted by atomic mass is 9.78. The molecule has 1 fully saturated rings. The summed E-state index contributed by atoms with van der Waals surface area (Å²) in [5.74, 6) is 1.57. The topological polar surface area (TPSA) is 39.4 Å². The standard InChI is InChI=1S/C13H18O3/c1-2-15-13-7-10(8-13)6-11(14)9-12-4-3-5-16-12/h3-5,10,13H,2,6-9H2,1H3. The van der Waals surface area contributed by atoms with Crippen molar-refractivity contribution in [2.24, 2.45) is 5.92 Å². The minimum absolute atomic E-state index is 0.273. The number of ketones is 1. The van der Waals surface area contributed by atoms with Crippen LogP contribution in [-0.4, -0.2) is 18.5 Å². The van der Waals surface area contributed by atoms with Gasteiger partial charge in [0.1, 0.15) is 11.5 Å². The van der Waals surface area contributed by atoms with Crippen molar-refractivity contribution in [3.05, 3.63) is 24.2 Å². The van der Waals surface area contributed by atoms with Gasteiger partial charge in [-0.05, 0) is 37.8 Å². The monoisotopic (exact) mass is 222 g/mol. The molecule has 0 aromatic carbocycles. The first-order chi connectivity index (χ1) is 7.78. The summed E-state index contributed by atoms with van der Waals surface area (Å²) in [4.78, 5) is 11.7. The van der Waals surface area contributed by atoms with E-state index in [2.05, 4.69) is 0 Å². The zero-order valence-corrected chi connectivity index (χ0v) is 9.65. The SMILES string of the molecule is CCOC1CC(CC(=O)Cc2ccco2)C1. The van der Waals surface area contributed by atoms with E-state index in [0.29, 0.717) is 24.9 Å². The minimum Gasteiger partial charge on any atom is -0.469 e.